The van der Waals surface area contributed by atoms with E-state index in [2.05, 4.69) is 34.1 Å². The molecule has 1 aromatic heterocycles. The maximum atomic E-state index is 11.7. The predicted molar refractivity (Wildman–Crippen MR) is 68.0 cm³/mol. The van der Waals surface area contributed by atoms with Gasteiger partial charge in [0, 0.05) is 19.2 Å². The van der Waals surface area contributed by atoms with Gasteiger partial charge in [0.05, 0.1) is 0 Å². The van der Waals surface area contributed by atoms with Crippen molar-refractivity contribution < 1.29 is 4.79 Å². The summed E-state index contributed by atoms with van der Waals surface area (Å²) in [5.41, 5.74) is 0.377. The molecule has 2 N–H and O–H groups in total. The van der Waals surface area contributed by atoms with Gasteiger partial charge in [-0.15, -0.1) is 6.58 Å². The second kappa shape index (κ2) is 7.38. The zero-order valence-corrected chi connectivity index (χ0v) is 10.1. The normalized spacial score (nSPS) is 9.71. The number of nitrogens with one attached hydrogen (secondary N) is 2. The minimum Gasteiger partial charge on any atom is -0.366 e. The number of rotatable bonds is 7. The van der Waals surface area contributed by atoms with Crippen molar-refractivity contribution in [3.05, 3.63) is 30.7 Å². The molecule has 1 heterocycles. The van der Waals surface area contributed by atoms with E-state index in [1.807, 2.05) is 0 Å². The standard InChI is InChI=1S/C12H18N4O/c1-3-5-7-14-12(17)10-8-11(13-6-4-2)16-9-15-10/h4,8-9H,2-3,5-7H2,1H3,(H,14,17)(H,13,15,16). The Hall–Kier alpha value is -1.91. The first-order valence-electron chi connectivity index (χ1n) is 5.73. The third-order valence-corrected chi connectivity index (χ3v) is 2.14. The molecule has 0 aliphatic heterocycles. The molecule has 0 atom stereocenters. The zero-order chi connectivity index (χ0) is 12.5. The van der Waals surface area contributed by atoms with E-state index in [-0.39, 0.29) is 5.91 Å². The number of carbonyl (C=O) groups is 1. The number of amides is 1. The van der Waals surface area contributed by atoms with Crippen LogP contribution in [0.25, 0.3) is 0 Å². The van der Waals surface area contributed by atoms with Crippen LogP contribution in [0.1, 0.15) is 30.3 Å². The van der Waals surface area contributed by atoms with Crippen LogP contribution in [0.5, 0.6) is 0 Å². The van der Waals surface area contributed by atoms with Crippen molar-refractivity contribution in [2.24, 2.45) is 0 Å². The molecule has 1 aromatic rings. The fraction of sp³-hybridized carbons (Fsp3) is 0.417. The molecule has 1 rings (SSSR count). The van der Waals surface area contributed by atoms with E-state index in [0.29, 0.717) is 24.6 Å². The van der Waals surface area contributed by atoms with E-state index >= 15 is 0 Å². The molecule has 1 amide bonds. The van der Waals surface area contributed by atoms with Gasteiger partial charge in [-0.25, -0.2) is 9.97 Å². The van der Waals surface area contributed by atoms with Gasteiger partial charge in [0.15, 0.2) is 0 Å². The van der Waals surface area contributed by atoms with Gasteiger partial charge in [0.25, 0.3) is 5.91 Å². The summed E-state index contributed by atoms with van der Waals surface area (Å²) in [5, 5.41) is 5.81. The van der Waals surface area contributed by atoms with Crippen molar-refractivity contribution in [2.75, 3.05) is 18.4 Å². The largest absolute Gasteiger partial charge is 0.366 e. The van der Waals surface area contributed by atoms with E-state index in [1.54, 1.807) is 12.1 Å². The van der Waals surface area contributed by atoms with Crippen molar-refractivity contribution in [3.63, 3.8) is 0 Å². The van der Waals surface area contributed by atoms with Gasteiger partial charge in [0.2, 0.25) is 0 Å². The van der Waals surface area contributed by atoms with Crippen molar-refractivity contribution in [3.8, 4) is 0 Å². The summed E-state index contributed by atoms with van der Waals surface area (Å²) in [6, 6.07) is 1.63. The Morgan fingerprint density at radius 1 is 1.53 bits per heavy atom. The van der Waals surface area contributed by atoms with Gasteiger partial charge < -0.3 is 10.6 Å². The summed E-state index contributed by atoms with van der Waals surface area (Å²) in [5.74, 6) is 0.461. The SMILES string of the molecule is C=CCNc1cc(C(=O)NCCCC)ncn1. The molecule has 0 unspecified atom stereocenters. The molecule has 0 aliphatic carbocycles. The summed E-state index contributed by atoms with van der Waals surface area (Å²) in [6.45, 7) is 6.96. The topological polar surface area (TPSA) is 66.9 Å². The third-order valence-electron chi connectivity index (χ3n) is 2.14. The molecule has 0 saturated carbocycles. The number of aromatic nitrogens is 2. The maximum absolute atomic E-state index is 11.7. The molecule has 5 nitrogen and oxygen atoms in total. The lowest BCUT2D eigenvalue weighted by Gasteiger charge is -2.05. The first-order chi connectivity index (χ1) is 8.27. The number of carbonyl (C=O) groups excluding carboxylic acids is 1. The Labute approximate surface area is 101 Å². The third kappa shape index (κ3) is 4.63. The zero-order valence-electron chi connectivity index (χ0n) is 10.1. The highest BCUT2D eigenvalue weighted by Gasteiger charge is 2.07. The van der Waals surface area contributed by atoms with E-state index in [1.165, 1.54) is 6.33 Å². The number of unbranched alkanes of at least 4 members (excludes halogenated alkanes) is 1. The predicted octanol–water partition coefficient (Wildman–Crippen LogP) is 1.60. The molecule has 0 radical (unpaired) electrons. The highest BCUT2D eigenvalue weighted by atomic mass is 16.1. The Balaban J connectivity index is 2.57. The Morgan fingerprint density at radius 3 is 3.06 bits per heavy atom. The summed E-state index contributed by atoms with van der Waals surface area (Å²) in [7, 11) is 0. The molecule has 0 spiro atoms. The van der Waals surface area contributed by atoms with Crippen LogP contribution >= 0.6 is 0 Å². The fourth-order valence-electron chi connectivity index (χ4n) is 1.22. The van der Waals surface area contributed by atoms with Gasteiger partial charge >= 0.3 is 0 Å². The Bertz CT molecular complexity index is 379. The average molecular weight is 234 g/mol. The van der Waals surface area contributed by atoms with Gasteiger partial charge in [-0.3, -0.25) is 4.79 Å². The molecule has 0 bridgehead atoms. The summed E-state index contributed by atoms with van der Waals surface area (Å²) in [4.78, 5) is 19.6. The highest BCUT2D eigenvalue weighted by Crippen LogP contribution is 2.03. The van der Waals surface area contributed by atoms with Crippen molar-refractivity contribution in [2.45, 2.75) is 19.8 Å². The monoisotopic (exact) mass is 234 g/mol. The smallest absolute Gasteiger partial charge is 0.270 e. The van der Waals surface area contributed by atoms with Crippen molar-refractivity contribution in [1.29, 1.82) is 0 Å². The number of anilines is 1. The van der Waals surface area contributed by atoms with E-state index < -0.39 is 0 Å². The minimum absolute atomic E-state index is 0.164. The summed E-state index contributed by atoms with van der Waals surface area (Å²) >= 11 is 0. The number of hydrogen-bond donors (Lipinski definition) is 2. The first-order valence-corrected chi connectivity index (χ1v) is 5.73. The molecule has 0 fully saturated rings. The second-order valence-electron chi connectivity index (χ2n) is 3.57. The van der Waals surface area contributed by atoms with Crippen LogP contribution in [-0.2, 0) is 0 Å². The molecule has 0 aromatic carbocycles. The van der Waals surface area contributed by atoms with Crippen LogP contribution in [0.3, 0.4) is 0 Å². The van der Waals surface area contributed by atoms with Gasteiger partial charge in [-0.05, 0) is 6.42 Å². The van der Waals surface area contributed by atoms with Crippen molar-refractivity contribution >= 4 is 11.7 Å². The van der Waals surface area contributed by atoms with E-state index in [9.17, 15) is 4.79 Å². The van der Waals surface area contributed by atoms with Crippen LogP contribution in [0.2, 0.25) is 0 Å². The quantitative estimate of drug-likeness (QED) is 0.555. The van der Waals surface area contributed by atoms with Crippen LogP contribution in [0.15, 0.2) is 25.0 Å². The van der Waals surface area contributed by atoms with E-state index in [4.69, 9.17) is 0 Å². The molecule has 0 saturated heterocycles. The number of hydrogen-bond acceptors (Lipinski definition) is 4. The maximum Gasteiger partial charge on any atom is 0.270 e. The molecule has 0 aliphatic rings. The number of nitrogens with zero attached hydrogens (tertiary/aromatic N) is 2. The first kappa shape index (κ1) is 13.2. The van der Waals surface area contributed by atoms with Crippen LogP contribution in [-0.4, -0.2) is 29.0 Å². The lowest BCUT2D eigenvalue weighted by molar-refractivity contribution is 0.0948. The molecule has 17 heavy (non-hydrogen) atoms. The highest BCUT2D eigenvalue weighted by molar-refractivity contribution is 5.92. The van der Waals surface area contributed by atoms with Gasteiger partial charge in [-0.2, -0.15) is 0 Å². The van der Waals surface area contributed by atoms with E-state index in [0.717, 1.165) is 12.8 Å². The van der Waals surface area contributed by atoms with Crippen LogP contribution < -0.4 is 10.6 Å². The van der Waals surface area contributed by atoms with Gasteiger partial charge in [-0.1, -0.05) is 19.4 Å². The Morgan fingerprint density at radius 2 is 2.35 bits per heavy atom. The molecule has 5 heteroatoms. The average Bonchev–Trinajstić information content (AvgIpc) is 2.37. The summed E-state index contributed by atoms with van der Waals surface area (Å²) in [6.07, 6.45) is 5.12. The molecule has 92 valence electrons. The minimum atomic E-state index is -0.164. The molecular weight excluding hydrogens is 216 g/mol. The van der Waals surface area contributed by atoms with Gasteiger partial charge in [0.1, 0.15) is 17.8 Å². The van der Waals surface area contributed by atoms with Crippen molar-refractivity contribution in [1.82, 2.24) is 15.3 Å². The lowest BCUT2D eigenvalue weighted by atomic mass is 10.3. The Kier molecular flexibility index (Phi) is 5.71. The fourth-order valence-corrected chi connectivity index (χ4v) is 1.22. The van der Waals surface area contributed by atoms with Crippen LogP contribution in [0, 0.1) is 0 Å². The lowest BCUT2D eigenvalue weighted by Crippen LogP contribution is -2.25. The molecular formula is C12H18N4O. The summed E-state index contributed by atoms with van der Waals surface area (Å²) < 4.78 is 0. The second-order valence-corrected chi connectivity index (χ2v) is 3.57. The van der Waals surface area contributed by atoms with Crippen LogP contribution in [0.4, 0.5) is 5.82 Å².